The van der Waals surface area contributed by atoms with Gasteiger partial charge >= 0.3 is 6.18 Å². The van der Waals surface area contributed by atoms with Crippen LogP contribution in [0, 0.1) is 11.8 Å². The van der Waals surface area contributed by atoms with Gasteiger partial charge in [0.25, 0.3) is 0 Å². The Hall–Kier alpha value is -2.81. The molecule has 0 atom stereocenters. The van der Waals surface area contributed by atoms with E-state index in [4.69, 9.17) is 4.74 Å². The first-order chi connectivity index (χ1) is 19.1. The third-order valence-corrected chi connectivity index (χ3v) is 8.71. The Bertz CT molecular complexity index is 1390. The summed E-state index contributed by atoms with van der Waals surface area (Å²) >= 11 is 1.62. The molecule has 4 rings (SSSR count). The van der Waals surface area contributed by atoms with Gasteiger partial charge in [0.05, 0.1) is 23.4 Å². The molecule has 1 aromatic heterocycles. The Kier molecular flexibility index (Phi) is 10.3. The maximum Gasteiger partial charge on any atom is 0.406 e. The molecule has 0 radical (unpaired) electrons. The molecule has 0 bridgehead atoms. The van der Waals surface area contributed by atoms with E-state index in [2.05, 4.69) is 22.5 Å². The van der Waals surface area contributed by atoms with Crippen molar-refractivity contribution in [3.63, 3.8) is 0 Å². The molecular weight excluding hydrogens is 557 g/mol. The zero-order valence-electron chi connectivity index (χ0n) is 22.9. The summed E-state index contributed by atoms with van der Waals surface area (Å²) in [4.78, 5) is 3.11. The number of hydrogen-bond donors (Lipinski definition) is 2. The zero-order chi connectivity index (χ0) is 28.7. The van der Waals surface area contributed by atoms with Crippen molar-refractivity contribution >= 4 is 44.8 Å². The van der Waals surface area contributed by atoms with Crippen molar-refractivity contribution in [2.24, 2.45) is 0 Å². The minimum absolute atomic E-state index is 0.139. The second kappa shape index (κ2) is 13.7. The summed E-state index contributed by atoms with van der Waals surface area (Å²) in [5.74, 6) is 7.94. The van der Waals surface area contributed by atoms with Gasteiger partial charge in [0.2, 0.25) is 0 Å². The number of alkyl halides is 3. The number of anilines is 2. The number of likely N-dealkylation sites (N-methyl/N-ethyl adjacent to an activating group) is 1. The number of benzene rings is 2. The van der Waals surface area contributed by atoms with E-state index in [0.717, 1.165) is 35.7 Å². The predicted molar refractivity (Wildman–Crippen MR) is 160 cm³/mol. The number of rotatable bonds is 10. The van der Waals surface area contributed by atoms with E-state index in [0.29, 0.717) is 40.5 Å². The lowest BCUT2D eigenvalue weighted by atomic mass is 10.1. The monoisotopic (exact) mass is 592 g/mol. The van der Waals surface area contributed by atoms with E-state index in [1.54, 1.807) is 30.0 Å². The van der Waals surface area contributed by atoms with Gasteiger partial charge < -0.3 is 24.8 Å². The van der Waals surface area contributed by atoms with Gasteiger partial charge in [0, 0.05) is 50.9 Å². The van der Waals surface area contributed by atoms with Crippen molar-refractivity contribution in [1.29, 1.82) is 0 Å². The highest BCUT2D eigenvalue weighted by atomic mass is 32.2. The summed E-state index contributed by atoms with van der Waals surface area (Å²) in [6, 6.07) is 13.1. The number of nitrogens with zero attached hydrogens (tertiary/aromatic N) is 2. The Labute approximate surface area is 240 Å². The van der Waals surface area contributed by atoms with E-state index < -0.39 is 23.5 Å². The molecule has 40 heavy (non-hydrogen) atoms. The highest BCUT2D eigenvalue weighted by molar-refractivity contribution is 7.98. The van der Waals surface area contributed by atoms with Gasteiger partial charge in [0.15, 0.2) is 0 Å². The van der Waals surface area contributed by atoms with Crippen LogP contribution in [0.5, 0.6) is 5.75 Å². The van der Waals surface area contributed by atoms with Crippen LogP contribution in [-0.2, 0) is 17.3 Å². The van der Waals surface area contributed by atoms with Crippen LogP contribution in [0.4, 0.5) is 24.5 Å². The molecule has 1 aliphatic heterocycles. The number of aromatic nitrogens is 1. The smallest absolute Gasteiger partial charge is 0.406 e. The molecule has 216 valence electrons. The number of nitrogens with one attached hydrogen (secondary N) is 2. The number of hydrogen-bond acceptors (Lipinski definition) is 6. The molecule has 0 saturated carbocycles. The summed E-state index contributed by atoms with van der Waals surface area (Å²) in [5, 5.41) is 7.42. The molecule has 0 aliphatic carbocycles. The summed E-state index contributed by atoms with van der Waals surface area (Å²) in [6.07, 6.45) is -0.863. The average Bonchev–Trinajstić information content (AvgIpc) is 3.25. The number of ether oxygens (including phenoxy) is 1. The normalized spacial score (nSPS) is 17.5. The predicted octanol–water partition coefficient (Wildman–Crippen LogP) is 5.65. The molecule has 0 unspecified atom stereocenters. The van der Waals surface area contributed by atoms with Crippen molar-refractivity contribution in [3.05, 3.63) is 48.2 Å². The van der Waals surface area contributed by atoms with E-state index in [9.17, 15) is 17.4 Å². The first-order valence-corrected chi connectivity index (χ1v) is 15.8. The lowest BCUT2D eigenvalue weighted by Crippen LogP contribution is -2.29. The van der Waals surface area contributed by atoms with Crippen molar-refractivity contribution in [2.45, 2.75) is 36.5 Å². The number of thioether (sulfide) groups is 1. The van der Waals surface area contributed by atoms with Crippen LogP contribution in [0.2, 0.25) is 0 Å². The van der Waals surface area contributed by atoms with Crippen LogP contribution < -0.4 is 15.4 Å². The standard InChI is InChI=1S/C29H35F3N4O2S2/c1-35(2)14-15-38-28-19-23(39-3)9-10-26(28)33-13-5-6-22-18-24-25(34-21-11-16-40(37)17-12-21)7-4-8-27(24)36(22)20-29(30,31)32/h4,7-10,18-19,21,33-34H,11-17,20H2,1-3H3. The SMILES string of the molecule is CSc1ccc(NCC#Cc2cc3c(NC4CCS(=O)CC4)cccc3n2CC(F)(F)F)c(OCCN(C)C)c1. The van der Waals surface area contributed by atoms with Gasteiger partial charge in [-0.1, -0.05) is 12.0 Å². The van der Waals surface area contributed by atoms with E-state index >= 15 is 0 Å². The van der Waals surface area contributed by atoms with Crippen LogP contribution in [0.3, 0.4) is 0 Å². The molecule has 6 nitrogen and oxygen atoms in total. The largest absolute Gasteiger partial charge is 0.490 e. The lowest BCUT2D eigenvalue weighted by molar-refractivity contribution is -0.140. The van der Waals surface area contributed by atoms with Crippen LogP contribution >= 0.6 is 11.8 Å². The van der Waals surface area contributed by atoms with Crippen molar-refractivity contribution in [2.75, 3.05) is 62.2 Å². The third-order valence-electron chi connectivity index (χ3n) is 6.60. The summed E-state index contributed by atoms with van der Waals surface area (Å²) in [5.41, 5.74) is 2.32. The quantitative estimate of drug-likeness (QED) is 0.234. The van der Waals surface area contributed by atoms with Crippen LogP contribution in [0.25, 0.3) is 10.9 Å². The molecule has 1 saturated heterocycles. The van der Waals surface area contributed by atoms with Crippen LogP contribution in [0.1, 0.15) is 18.5 Å². The lowest BCUT2D eigenvalue weighted by Gasteiger charge is -2.24. The van der Waals surface area contributed by atoms with Gasteiger partial charge in [-0.3, -0.25) is 4.21 Å². The summed E-state index contributed by atoms with van der Waals surface area (Å²) in [6.45, 7) is 0.405. The van der Waals surface area contributed by atoms with Gasteiger partial charge in [-0.2, -0.15) is 13.2 Å². The van der Waals surface area contributed by atoms with Gasteiger partial charge in [-0.05, 0) is 75.5 Å². The molecular formula is C29H35F3N4O2S2. The molecule has 2 N–H and O–H groups in total. The maximum atomic E-state index is 13.6. The molecule has 11 heteroatoms. The average molecular weight is 593 g/mol. The van der Waals surface area contributed by atoms with Crippen LogP contribution in [0.15, 0.2) is 47.4 Å². The molecule has 0 amide bonds. The molecule has 1 fully saturated rings. The van der Waals surface area contributed by atoms with Crippen molar-refractivity contribution < 1.29 is 22.1 Å². The Morgan fingerprint density at radius 1 is 1.15 bits per heavy atom. The Balaban J connectivity index is 1.55. The maximum absolute atomic E-state index is 13.6. The number of fused-ring (bicyclic) bond motifs is 1. The van der Waals surface area contributed by atoms with Gasteiger partial charge in [0.1, 0.15) is 18.9 Å². The Morgan fingerprint density at radius 2 is 1.93 bits per heavy atom. The minimum Gasteiger partial charge on any atom is -0.490 e. The molecule has 2 heterocycles. The first-order valence-electron chi connectivity index (χ1n) is 13.1. The minimum atomic E-state index is -4.39. The first kappa shape index (κ1) is 30.2. The molecule has 0 spiro atoms. The van der Waals surface area contributed by atoms with Crippen LogP contribution in [-0.4, -0.2) is 77.4 Å². The Morgan fingerprint density at radius 3 is 2.62 bits per heavy atom. The topological polar surface area (TPSA) is 58.5 Å². The third kappa shape index (κ3) is 8.35. The second-order valence-corrected chi connectivity index (χ2v) is 12.5. The zero-order valence-corrected chi connectivity index (χ0v) is 24.6. The fourth-order valence-corrected chi connectivity index (χ4v) is 6.26. The van der Waals surface area contributed by atoms with Crippen molar-refractivity contribution in [3.8, 4) is 17.6 Å². The second-order valence-electron chi connectivity index (χ2n) is 9.91. The fourth-order valence-electron chi connectivity index (χ4n) is 4.53. The molecule has 3 aromatic rings. The van der Waals surface area contributed by atoms with Gasteiger partial charge in [-0.25, -0.2) is 0 Å². The van der Waals surface area contributed by atoms with E-state index in [1.165, 1.54) is 4.57 Å². The highest BCUT2D eigenvalue weighted by Crippen LogP contribution is 2.32. The van der Waals surface area contributed by atoms with E-state index in [-0.39, 0.29) is 12.6 Å². The highest BCUT2D eigenvalue weighted by Gasteiger charge is 2.30. The fraction of sp³-hybridized carbons (Fsp3) is 0.448. The van der Waals surface area contributed by atoms with E-state index in [1.807, 2.05) is 49.5 Å². The summed E-state index contributed by atoms with van der Waals surface area (Å²) < 4.78 is 59.6. The van der Waals surface area contributed by atoms with Gasteiger partial charge in [-0.15, -0.1) is 11.8 Å². The summed E-state index contributed by atoms with van der Waals surface area (Å²) in [7, 11) is 3.17. The molecule has 1 aliphatic rings. The van der Waals surface area contributed by atoms with Crippen molar-refractivity contribution in [1.82, 2.24) is 9.47 Å². The number of halogens is 3. The molecule has 2 aromatic carbocycles.